The van der Waals surface area contributed by atoms with Crippen molar-refractivity contribution >= 4 is 35.6 Å². The van der Waals surface area contributed by atoms with E-state index in [1.807, 2.05) is 7.05 Å². The quantitative estimate of drug-likeness (QED) is 0.354. The molecule has 0 spiro atoms. The summed E-state index contributed by atoms with van der Waals surface area (Å²) in [7, 11) is 1.87. The molecular formula is C24H33IN4O. The molecule has 1 atom stereocenters. The molecule has 0 aliphatic carbocycles. The van der Waals surface area contributed by atoms with Crippen LogP contribution in [0, 0.1) is 0 Å². The normalized spacial score (nSPS) is 19.0. The topological polar surface area (TPSA) is 48.9 Å². The summed E-state index contributed by atoms with van der Waals surface area (Å²) >= 11 is 0. The number of hydrogen-bond acceptors (Lipinski definition) is 3. The smallest absolute Gasteiger partial charge is 0.198 e. The standard InChI is InChI=1S/C24H32N4O.HI/c1-19(20-8-4-3-5-9-20)27-24(13-16-29-17-14-24)18-26-23(25-2)28-15-12-21-10-6-7-11-22(21)28;/h3-11,19,27H,12-18H2,1-2H3,(H,25,26);1H. The maximum absolute atomic E-state index is 5.68. The lowest BCUT2D eigenvalue weighted by Gasteiger charge is -2.41. The lowest BCUT2D eigenvalue weighted by Crippen LogP contribution is -2.58. The molecule has 2 aromatic rings. The summed E-state index contributed by atoms with van der Waals surface area (Å²) in [6, 6.07) is 19.6. The van der Waals surface area contributed by atoms with Crippen molar-refractivity contribution in [2.45, 2.75) is 37.8 Å². The molecule has 1 saturated heterocycles. The van der Waals surface area contributed by atoms with Gasteiger partial charge in [0.15, 0.2) is 5.96 Å². The number of ether oxygens (including phenoxy) is 1. The first-order chi connectivity index (χ1) is 14.2. The summed E-state index contributed by atoms with van der Waals surface area (Å²) in [6.07, 6.45) is 3.05. The first kappa shape index (κ1) is 23.0. The predicted octanol–water partition coefficient (Wildman–Crippen LogP) is 4.14. The zero-order chi connectivity index (χ0) is 20.1. The van der Waals surface area contributed by atoms with E-state index in [2.05, 4.69) is 82.0 Å². The fourth-order valence-electron chi connectivity index (χ4n) is 4.52. The third-order valence-electron chi connectivity index (χ3n) is 6.21. The number of guanidine groups is 1. The minimum Gasteiger partial charge on any atom is -0.381 e. The number of aliphatic imine (C=N–C) groups is 1. The summed E-state index contributed by atoms with van der Waals surface area (Å²) in [6.45, 7) is 5.64. The van der Waals surface area contributed by atoms with E-state index >= 15 is 0 Å². The third-order valence-corrected chi connectivity index (χ3v) is 6.21. The van der Waals surface area contributed by atoms with Gasteiger partial charge in [-0.05, 0) is 43.4 Å². The van der Waals surface area contributed by atoms with E-state index in [0.29, 0.717) is 0 Å². The highest BCUT2D eigenvalue weighted by Crippen LogP contribution is 2.28. The average Bonchev–Trinajstić information content (AvgIpc) is 3.20. The fourth-order valence-corrected chi connectivity index (χ4v) is 4.52. The molecule has 1 unspecified atom stereocenters. The van der Waals surface area contributed by atoms with Gasteiger partial charge in [0.05, 0.1) is 0 Å². The van der Waals surface area contributed by atoms with Crippen LogP contribution in [0.25, 0.3) is 0 Å². The number of para-hydroxylation sites is 1. The number of benzene rings is 2. The van der Waals surface area contributed by atoms with Gasteiger partial charge in [-0.2, -0.15) is 0 Å². The highest BCUT2D eigenvalue weighted by atomic mass is 127. The number of nitrogens with zero attached hydrogens (tertiary/aromatic N) is 2. The van der Waals surface area contributed by atoms with E-state index in [0.717, 1.165) is 51.5 Å². The maximum atomic E-state index is 5.68. The predicted molar refractivity (Wildman–Crippen MR) is 135 cm³/mol. The summed E-state index contributed by atoms with van der Waals surface area (Å²) in [4.78, 5) is 6.90. The Balaban J connectivity index is 0.00000256. The van der Waals surface area contributed by atoms with Gasteiger partial charge in [-0.15, -0.1) is 24.0 Å². The van der Waals surface area contributed by atoms with E-state index in [1.54, 1.807) is 0 Å². The van der Waals surface area contributed by atoms with Gasteiger partial charge in [-0.1, -0.05) is 48.5 Å². The highest BCUT2D eigenvalue weighted by molar-refractivity contribution is 14.0. The molecule has 0 radical (unpaired) electrons. The molecule has 30 heavy (non-hydrogen) atoms. The molecule has 0 amide bonds. The van der Waals surface area contributed by atoms with Crippen LogP contribution in [0.2, 0.25) is 0 Å². The molecule has 0 aromatic heterocycles. The maximum Gasteiger partial charge on any atom is 0.198 e. The van der Waals surface area contributed by atoms with Gasteiger partial charge in [-0.3, -0.25) is 4.99 Å². The highest BCUT2D eigenvalue weighted by Gasteiger charge is 2.35. The summed E-state index contributed by atoms with van der Waals surface area (Å²) in [5, 5.41) is 7.60. The van der Waals surface area contributed by atoms with Gasteiger partial charge < -0.3 is 20.3 Å². The van der Waals surface area contributed by atoms with Gasteiger partial charge >= 0.3 is 0 Å². The Morgan fingerprint density at radius 1 is 1.10 bits per heavy atom. The molecule has 6 heteroatoms. The van der Waals surface area contributed by atoms with Crippen molar-refractivity contribution in [3.05, 3.63) is 65.7 Å². The molecule has 2 aliphatic rings. The number of halogens is 1. The zero-order valence-corrected chi connectivity index (χ0v) is 20.3. The Labute approximate surface area is 197 Å². The van der Waals surface area contributed by atoms with Crippen molar-refractivity contribution in [1.29, 1.82) is 0 Å². The van der Waals surface area contributed by atoms with Crippen molar-refractivity contribution in [1.82, 2.24) is 10.6 Å². The van der Waals surface area contributed by atoms with Crippen LogP contribution in [-0.2, 0) is 11.2 Å². The van der Waals surface area contributed by atoms with Crippen LogP contribution in [0.5, 0.6) is 0 Å². The average molecular weight is 520 g/mol. The lowest BCUT2D eigenvalue weighted by atomic mass is 9.88. The van der Waals surface area contributed by atoms with Crippen molar-refractivity contribution in [3.63, 3.8) is 0 Å². The molecule has 5 nitrogen and oxygen atoms in total. The molecule has 0 bridgehead atoms. The van der Waals surface area contributed by atoms with Crippen molar-refractivity contribution in [2.24, 2.45) is 4.99 Å². The van der Waals surface area contributed by atoms with Crippen molar-refractivity contribution in [3.8, 4) is 0 Å². The largest absolute Gasteiger partial charge is 0.381 e. The number of nitrogens with one attached hydrogen (secondary N) is 2. The molecular weight excluding hydrogens is 487 g/mol. The Morgan fingerprint density at radius 3 is 2.53 bits per heavy atom. The number of rotatable bonds is 5. The summed E-state index contributed by atoms with van der Waals surface area (Å²) in [5.41, 5.74) is 3.97. The monoisotopic (exact) mass is 520 g/mol. The van der Waals surface area contributed by atoms with E-state index in [-0.39, 0.29) is 35.6 Å². The minimum absolute atomic E-state index is 0. The molecule has 1 fully saturated rings. The molecule has 2 heterocycles. The third kappa shape index (κ3) is 5.15. The number of hydrogen-bond donors (Lipinski definition) is 2. The van der Waals surface area contributed by atoms with Crippen LogP contribution >= 0.6 is 24.0 Å². The van der Waals surface area contributed by atoms with Crippen LogP contribution in [0.15, 0.2) is 59.6 Å². The number of anilines is 1. The van der Waals surface area contributed by atoms with Crippen molar-refractivity contribution in [2.75, 3.05) is 38.3 Å². The van der Waals surface area contributed by atoms with Gasteiger partial charge in [0.1, 0.15) is 0 Å². The Bertz CT molecular complexity index is 836. The lowest BCUT2D eigenvalue weighted by molar-refractivity contribution is 0.0355. The molecule has 0 saturated carbocycles. The van der Waals surface area contributed by atoms with Crippen LogP contribution in [0.4, 0.5) is 5.69 Å². The first-order valence-electron chi connectivity index (χ1n) is 10.7. The SMILES string of the molecule is CN=C(NCC1(NC(C)c2ccccc2)CCOCC1)N1CCc2ccccc21.I. The van der Waals surface area contributed by atoms with Crippen LogP contribution in [0.1, 0.15) is 36.9 Å². The summed E-state index contributed by atoms with van der Waals surface area (Å²) in [5.74, 6) is 0.954. The number of fused-ring (bicyclic) bond motifs is 1. The molecule has 2 N–H and O–H groups in total. The van der Waals surface area contributed by atoms with Gasteiger partial charge in [0.25, 0.3) is 0 Å². The van der Waals surface area contributed by atoms with E-state index in [9.17, 15) is 0 Å². The van der Waals surface area contributed by atoms with Crippen LogP contribution in [0.3, 0.4) is 0 Å². The Morgan fingerprint density at radius 2 is 1.80 bits per heavy atom. The second kappa shape index (κ2) is 10.6. The first-order valence-corrected chi connectivity index (χ1v) is 10.7. The second-order valence-electron chi connectivity index (χ2n) is 8.10. The molecule has 2 aliphatic heterocycles. The van der Waals surface area contributed by atoms with Crippen LogP contribution < -0.4 is 15.5 Å². The second-order valence-corrected chi connectivity index (χ2v) is 8.10. The molecule has 4 rings (SSSR count). The minimum atomic E-state index is -0.0112. The van der Waals surface area contributed by atoms with E-state index in [4.69, 9.17) is 4.74 Å². The van der Waals surface area contributed by atoms with Gasteiger partial charge in [-0.25, -0.2) is 0 Å². The molecule has 2 aromatic carbocycles. The Kier molecular flexibility index (Phi) is 8.13. The van der Waals surface area contributed by atoms with Crippen molar-refractivity contribution < 1.29 is 4.74 Å². The van der Waals surface area contributed by atoms with E-state index in [1.165, 1.54) is 16.8 Å². The van der Waals surface area contributed by atoms with E-state index < -0.39 is 0 Å². The molecule has 162 valence electrons. The Hall–Kier alpha value is -1.64. The zero-order valence-electron chi connectivity index (χ0n) is 17.9. The summed E-state index contributed by atoms with van der Waals surface area (Å²) < 4.78 is 5.68. The fraction of sp³-hybridized carbons (Fsp3) is 0.458. The van der Waals surface area contributed by atoms with Crippen LogP contribution in [-0.4, -0.2) is 44.8 Å². The van der Waals surface area contributed by atoms with Gasteiger partial charge in [0.2, 0.25) is 0 Å². The van der Waals surface area contributed by atoms with Gasteiger partial charge in [0, 0.05) is 50.6 Å².